The molecule has 3 aromatic carbocycles. The largest absolute Gasteiger partial charge is 0.322 e. The Kier molecular flexibility index (Phi) is 5.70. The molecule has 0 aliphatic heterocycles. The molecule has 0 radical (unpaired) electrons. The van der Waals surface area contributed by atoms with Crippen molar-refractivity contribution in [3.63, 3.8) is 0 Å². The third-order valence-corrected chi connectivity index (χ3v) is 5.10. The van der Waals surface area contributed by atoms with Crippen molar-refractivity contribution in [3.8, 4) is 5.69 Å². The first-order valence-corrected chi connectivity index (χ1v) is 10.1. The Balaban J connectivity index is 1.50. The number of hydrogen-bond acceptors (Lipinski definition) is 3. The minimum atomic E-state index is -0.188. The van der Waals surface area contributed by atoms with Crippen molar-refractivity contribution in [3.05, 3.63) is 101 Å². The van der Waals surface area contributed by atoms with E-state index in [1.54, 1.807) is 30.3 Å². The van der Waals surface area contributed by atoms with Gasteiger partial charge in [0.05, 0.1) is 16.6 Å². The topological polar surface area (TPSA) is 64.0 Å². The van der Waals surface area contributed by atoms with Crippen molar-refractivity contribution >= 4 is 22.5 Å². The van der Waals surface area contributed by atoms with Gasteiger partial charge in [0.1, 0.15) is 6.33 Å². The maximum atomic E-state index is 12.7. The smallest absolute Gasteiger partial charge is 0.265 e. The molecule has 0 saturated heterocycles. The van der Waals surface area contributed by atoms with Gasteiger partial charge >= 0.3 is 0 Å². The number of carbonyl (C=O) groups excluding carboxylic acids is 1. The molecule has 150 valence electrons. The first-order valence-electron chi connectivity index (χ1n) is 10.1. The van der Waals surface area contributed by atoms with Gasteiger partial charge in [-0.15, -0.1) is 0 Å². The molecule has 5 heteroatoms. The molecule has 0 fully saturated rings. The summed E-state index contributed by atoms with van der Waals surface area (Å²) < 4.78 is 1.49. The summed E-state index contributed by atoms with van der Waals surface area (Å²) in [5.74, 6) is -0.188. The zero-order valence-corrected chi connectivity index (χ0v) is 16.8. The number of para-hydroxylation sites is 1. The Hall–Kier alpha value is -3.73. The molecule has 4 rings (SSSR count). The molecule has 0 spiro atoms. The first-order chi connectivity index (χ1) is 14.7. The normalized spacial score (nSPS) is 10.8. The number of aromatic nitrogens is 2. The Morgan fingerprint density at radius 1 is 0.967 bits per heavy atom. The van der Waals surface area contributed by atoms with E-state index in [1.165, 1.54) is 16.5 Å². The molecule has 4 aromatic rings. The summed E-state index contributed by atoms with van der Waals surface area (Å²) in [7, 11) is 0. The Morgan fingerprint density at radius 2 is 1.70 bits per heavy atom. The maximum Gasteiger partial charge on any atom is 0.265 e. The zero-order valence-electron chi connectivity index (χ0n) is 16.8. The lowest BCUT2D eigenvalue weighted by Crippen LogP contribution is -2.19. The highest BCUT2D eigenvalue weighted by molar-refractivity contribution is 6.04. The van der Waals surface area contributed by atoms with Crippen molar-refractivity contribution in [1.29, 1.82) is 0 Å². The summed E-state index contributed by atoms with van der Waals surface area (Å²) in [5, 5.41) is 3.48. The van der Waals surface area contributed by atoms with Crippen molar-refractivity contribution in [2.75, 3.05) is 5.32 Å². The van der Waals surface area contributed by atoms with Crippen LogP contribution in [0.25, 0.3) is 16.6 Å². The van der Waals surface area contributed by atoms with Gasteiger partial charge in [0, 0.05) is 11.3 Å². The molecule has 0 atom stereocenters. The van der Waals surface area contributed by atoms with Crippen LogP contribution >= 0.6 is 0 Å². The van der Waals surface area contributed by atoms with Gasteiger partial charge in [0.15, 0.2) is 0 Å². The second kappa shape index (κ2) is 8.74. The van der Waals surface area contributed by atoms with E-state index in [4.69, 9.17) is 0 Å². The summed E-state index contributed by atoms with van der Waals surface area (Å²) in [4.78, 5) is 29.6. The molecule has 1 heterocycles. The number of rotatable bonds is 6. The van der Waals surface area contributed by atoms with Gasteiger partial charge in [-0.2, -0.15) is 0 Å². The molecular weight excluding hydrogens is 374 g/mol. The maximum absolute atomic E-state index is 12.7. The summed E-state index contributed by atoms with van der Waals surface area (Å²) >= 11 is 0. The molecular formula is C25H23N3O2. The summed E-state index contributed by atoms with van der Waals surface area (Å²) in [6.07, 6.45) is 4.89. The van der Waals surface area contributed by atoms with Crippen LogP contribution in [0.4, 0.5) is 5.69 Å². The lowest BCUT2D eigenvalue weighted by Gasteiger charge is -2.09. The van der Waals surface area contributed by atoms with Gasteiger partial charge in [-0.3, -0.25) is 14.2 Å². The molecule has 0 saturated carbocycles. The van der Waals surface area contributed by atoms with E-state index in [0.717, 1.165) is 24.9 Å². The number of benzene rings is 3. The number of amides is 1. The average Bonchev–Trinajstić information content (AvgIpc) is 2.79. The van der Waals surface area contributed by atoms with Gasteiger partial charge in [-0.25, -0.2) is 4.98 Å². The Labute approximate surface area is 175 Å². The van der Waals surface area contributed by atoms with Crippen molar-refractivity contribution in [2.24, 2.45) is 0 Å². The summed E-state index contributed by atoms with van der Waals surface area (Å²) in [6, 6.07) is 22.1. The van der Waals surface area contributed by atoms with Gasteiger partial charge in [0.25, 0.3) is 11.5 Å². The molecule has 5 nitrogen and oxygen atoms in total. The first kappa shape index (κ1) is 19.6. The highest BCUT2D eigenvalue weighted by atomic mass is 16.1. The van der Waals surface area contributed by atoms with E-state index >= 15 is 0 Å². The number of nitrogens with zero attached hydrogens (tertiary/aromatic N) is 2. The third-order valence-electron chi connectivity index (χ3n) is 5.10. The molecule has 1 aromatic heterocycles. The number of fused-ring (bicyclic) bond motifs is 1. The summed E-state index contributed by atoms with van der Waals surface area (Å²) in [6.45, 7) is 2.17. The highest BCUT2D eigenvalue weighted by Gasteiger charge is 2.09. The second-order valence-electron chi connectivity index (χ2n) is 7.24. The number of anilines is 1. The fourth-order valence-electron chi connectivity index (χ4n) is 3.37. The third kappa shape index (κ3) is 4.15. The van der Waals surface area contributed by atoms with Crippen LogP contribution in [0.1, 0.15) is 35.7 Å². The van der Waals surface area contributed by atoms with Gasteiger partial charge < -0.3 is 5.32 Å². The molecule has 0 bridgehead atoms. The van der Waals surface area contributed by atoms with E-state index in [-0.39, 0.29) is 11.5 Å². The van der Waals surface area contributed by atoms with Gasteiger partial charge in [-0.05, 0) is 66.9 Å². The van der Waals surface area contributed by atoms with Crippen LogP contribution in [0, 0.1) is 0 Å². The van der Waals surface area contributed by atoms with Crippen molar-refractivity contribution < 1.29 is 4.79 Å². The quantitative estimate of drug-likeness (QED) is 0.499. The molecule has 0 unspecified atom stereocenters. The number of hydrogen-bond donors (Lipinski definition) is 1. The second-order valence-corrected chi connectivity index (χ2v) is 7.24. The lowest BCUT2D eigenvalue weighted by atomic mass is 10.1. The highest BCUT2D eigenvalue weighted by Crippen LogP contribution is 2.15. The summed E-state index contributed by atoms with van der Waals surface area (Å²) in [5.41, 5.74) is 3.75. The SMILES string of the molecule is CCCCc1ccc(NC(=O)c2ccc(-n3cnc4ccccc4c3=O)cc2)cc1. The Morgan fingerprint density at radius 3 is 2.43 bits per heavy atom. The minimum absolute atomic E-state index is 0.138. The van der Waals surface area contributed by atoms with Crippen LogP contribution in [0.5, 0.6) is 0 Å². The Bertz CT molecular complexity index is 1230. The monoisotopic (exact) mass is 397 g/mol. The van der Waals surface area contributed by atoms with E-state index in [2.05, 4.69) is 17.2 Å². The molecule has 0 aliphatic carbocycles. The van der Waals surface area contributed by atoms with E-state index in [0.29, 0.717) is 22.2 Å². The standard InChI is InChI=1S/C25H23N3O2/c1-2-3-6-18-9-13-20(14-10-18)27-24(29)19-11-15-21(16-12-19)28-17-26-23-8-5-4-7-22(23)25(28)30/h4-5,7-17H,2-3,6H2,1H3,(H,27,29). The number of unbranched alkanes of at least 4 members (excludes halogenated alkanes) is 1. The fraction of sp³-hybridized carbons (Fsp3) is 0.160. The van der Waals surface area contributed by atoms with Crippen LogP contribution in [0.3, 0.4) is 0 Å². The fourth-order valence-corrected chi connectivity index (χ4v) is 3.37. The van der Waals surface area contributed by atoms with Gasteiger partial charge in [-0.1, -0.05) is 37.6 Å². The van der Waals surface area contributed by atoms with E-state index in [1.807, 2.05) is 42.5 Å². The lowest BCUT2D eigenvalue weighted by molar-refractivity contribution is 0.102. The van der Waals surface area contributed by atoms with Crippen molar-refractivity contribution in [1.82, 2.24) is 9.55 Å². The number of aryl methyl sites for hydroxylation is 1. The van der Waals surface area contributed by atoms with Crippen LogP contribution < -0.4 is 10.9 Å². The molecule has 1 N–H and O–H groups in total. The minimum Gasteiger partial charge on any atom is -0.322 e. The molecule has 30 heavy (non-hydrogen) atoms. The van der Waals surface area contributed by atoms with Crippen LogP contribution in [-0.4, -0.2) is 15.5 Å². The van der Waals surface area contributed by atoms with E-state index in [9.17, 15) is 9.59 Å². The predicted molar refractivity (Wildman–Crippen MR) is 120 cm³/mol. The molecule has 1 amide bonds. The van der Waals surface area contributed by atoms with Gasteiger partial charge in [0.2, 0.25) is 0 Å². The van der Waals surface area contributed by atoms with E-state index < -0.39 is 0 Å². The predicted octanol–water partition coefficient (Wildman–Crippen LogP) is 4.98. The number of carbonyl (C=O) groups is 1. The average molecular weight is 397 g/mol. The molecule has 0 aliphatic rings. The van der Waals surface area contributed by atoms with Crippen LogP contribution in [0.15, 0.2) is 83.9 Å². The zero-order chi connectivity index (χ0) is 20.9. The number of nitrogens with one attached hydrogen (secondary N) is 1. The van der Waals surface area contributed by atoms with Crippen molar-refractivity contribution in [2.45, 2.75) is 26.2 Å². The van der Waals surface area contributed by atoms with Crippen LogP contribution in [-0.2, 0) is 6.42 Å². The van der Waals surface area contributed by atoms with Crippen LogP contribution in [0.2, 0.25) is 0 Å².